The third-order valence-corrected chi connectivity index (χ3v) is 7.46. The molecular formula is C32H31FN4O3. The number of nitrogens with one attached hydrogen (secondary N) is 2. The van der Waals surface area contributed by atoms with E-state index >= 15 is 0 Å². The summed E-state index contributed by atoms with van der Waals surface area (Å²) < 4.78 is 13.6. The number of carbonyl (C=O) groups is 3. The van der Waals surface area contributed by atoms with E-state index in [4.69, 9.17) is 0 Å². The standard InChI is InChI=1S/C32H31FN4O3/c1-20-12-13-22-8-4-5-9-25(22)26(20)18-36-28-10-6-7-11-29(28)37(31(39)23-14-16-24(33)17-15-23)19-27(32(36)40)35-30(38)21(2)34-3/h4-17,21,27,34H,18-19H2,1-3H3,(H,35,38)/t21-,27-/m0/s1. The van der Waals surface area contributed by atoms with E-state index in [1.54, 1.807) is 37.1 Å². The molecule has 7 nitrogen and oxygen atoms in total. The van der Waals surface area contributed by atoms with Crippen molar-refractivity contribution >= 4 is 39.9 Å². The van der Waals surface area contributed by atoms with E-state index < -0.39 is 23.8 Å². The second-order valence-electron chi connectivity index (χ2n) is 9.99. The van der Waals surface area contributed by atoms with Crippen LogP contribution in [-0.4, -0.2) is 43.4 Å². The Morgan fingerprint density at radius 2 is 1.62 bits per heavy atom. The number of rotatable bonds is 6. The topological polar surface area (TPSA) is 81.8 Å². The second kappa shape index (κ2) is 11.3. The molecule has 2 N–H and O–H groups in total. The number of fused-ring (bicyclic) bond motifs is 2. The molecule has 4 aromatic carbocycles. The van der Waals surface area contributed by atoms with Crippen LogP contribution in [0.1, 0.15) is 28.4 Å². The highest BCUT2D eigenvalue weighted by atomic mass is 19.1. The molecule has 1 aliphatic rings. The van der Waals surface area contributed by atoms with Gasteiger partial charge in [0.15, 0.2) is 0 Å². The van der Waals surface area contributed by atoms with Crippen molar-refractivity contribution < 1.29 is 18.8 Å². The Hall–Kier alpha value is -4.56. The van der Waals surface area contributed by atoms with Gasteiger partial charge < -0.3 is 20.4 Å². The molecule has 0 saturated carbocycles. The van der Waals surface area contributed by atoms with Gasteiger partial charge in [-0.05, 0) is 79.2 Å². The Balaban J connectivity index is 1.63. The molecule has 2 atom stereocenters. The number of benzene rings is 4. The molecule has 204 valence electrons. The zero-order valence-electron chi connectivity index (χ0n) is 22.6. The van der Waals surface area contributed by atoms with Crippen molar-refractivity contribution in [2.75, 3.05) is 23.4 Å². The lowest BCUT2D eigenvalue weighted by Crippen LogP contribution is -2.55. The summed E-state index contributed by atoms with van der Waals surface area (Å²) in [5, 5.41) is 7.84. The maximum atomic E-state index is 14.3. The molecule has 4 aromatic rings. The summed E-state index contributed by atoms with van der Waals surface area (Å²) in [5.41, 5.74) is 3.36. The average Bonchev–Trinajstić information content (AvgIpc) is 3.08. The van der Waals surface area contributed by atoms with Crippen LogP contribution in [0.5, 0.6) is 0 Å². The number of halogens is 1. The van der Waals surface area contributed by atoms with Crippen molar-refractivity contribution in [2.45, 2.75) is 32.5 Å². The monoisotopic (exact) mass is 538 g/mol. The molecule has 1 heterocycles. The number of hydrogen-bond donors (Lipinski definition) is 2. The van der Waals surface area contributed by atoms with Crippen LogP contribution in [0.4, 0.5) is 15.8 Å². The van der Waals surface area contributed by atoms with Gasteiger partial charge in [0.1, 0.15) is 11.9 Å². The smallest absolute Gasteiger partial charge is 0.258 e. The van der Waals surface area contributed by atoms with Gasteiger partial charge in [-0.1, -0.05) is 48.5 Å². The third kappa shape index (κ3) is 5.18. The molecule has 0 saturated heterocycles. The number of carbonyl (C=O) groups excluding carboxylic acids is 3. The van der Waals surface area contributed by atoms with Crippen molar-refractivity contribution in [3.63, 3.8) is 0 Å². The molecule has 0 spiro atoms. The minimum atomic E-state index is -1.02. The molecule has 0 aliphatic carbocycles. The Labute approximate surface area is 232 Å². The largest absolute Gasteiger partial charge is 0.341 e. The minimum Gasteiger partial charge on any atom is -0.341 e. The van der Waals surface area contributed by atoms with Gasteiger partial charge in [0.25, 0.3) is 11.8 Å². The third-order valence-electron chi connectivity index (χ3n) is 7.46. The van der Waals surface area contributed by atoms with Gasteiger partial charge >= 0.3 is 0 Å². The van der Waals surface area contributed by atoms with Gasteiger partial charge in [-0.25, -0.2) is 4.39 Å². The van der Waals surface area contributed by atoms with Crippen LogP contribution in [0.3, 0.4) is 0 Å². The fourth-order valence-corrected chi connectivity index (χ4v) is 5.04. The van der Waals surface area contributed by atoms with Gasteiger partial charge in [-0.2, -0.15) is 0 Å². The van der Waals surface area contributed by atoms with Crippen molar-refractivity contribution in [1.82, 2.24) is 10.6 Å². The number of anilines is 2. The van der Waals surface area contributed by atoms with Gasteiger partial charge in [0, 0.05) is 5.56 Å². The van der Waals surface area contributed by atoms with Crippen LogP contribution >= 0.6 is 0 Å². The molecule has 0 radical (unpaired) electrons. The van der Waals surface area contributed by atoms with E-state index in [2.05, 4.69) is 16.7 Å². The highest BCUT2D eigenvalue weighted by molar-refractivity contribution is 6.12. The number of hydrogen-bond acceptors (Lipinski definition) is 4. The molecule has 0 unspecified atom stereocenters. The van der Waals surface area contributed by atoms with E-state index in [-0.39, 0.29) is 30.5 Å². The zero-order chi connectivity index (χ0) is 28.4. The molecule has 1 aliphatic heterocycles. The average molecular weight is 539 g/mol. The lowest BCUT2D eigenvalue weighted by atomic mass is 9.99. The van der Waals surface area contributed by atoms with Gasteiger partial charge in [0.05, 0.1) is 30.5 Å². The van der Waals surface area contributed by atoms with Crippen LogP contribution in [0, 0.1) is 12.7 Å². The first-order valence-corrected chi connectivity index (χ1v) is 13.2. The van der Waals surface area contributed by atoms with Gasteiger partial charge in [-0.3, -0.25) is 14.4 Å². The van der Waals surface area contributed by atoms with Crippen molar-refractivity contribution in [3.05, 3.63) is 107 Å². The lowest BCUT2D eigenvalue weighted by molar-refractivity contribution is -0.128. The summed E-state index contributed by atoms with van der Waals surface area (Å²) in [6.07, 6.45) is 0. The molecular weight excluding hydrogens is 507 g/mol. The van der Waals surface area contributed by atoms with Crippen LogP contribution in [0.2, 0.25) is 0 Å². The van der Waals surface area contributed by atoms with Crippen LogP contribution in [0.15, 0.2) is 84.9 Å². The number of amides is 3. The fourth-order valence-electron chi connectivity index (χ4n) is 5.04. The first kappa shape index (κ1) is 27.0. The fraction of sp³-hybridized carbons (Fsp3) is 0.219. The van der Waals surface area contributed by atoms with Crippen LogP contribution < -0.4 is 20.4 Å². The SMILES string of the molecule is CN[C@@H](C)C(=O)N[C@H]1CN(C(=O)c2ccc(F)cc2)c2ccccc2N(Cc2c(C)ccc3ccccc23)C1=O. The summed E-state index contributed by atoms with van der Waals surface area (Å²) in [6, 6.07) is 23.0. The highest BCUT2D eigenvalue weighted by Crippen LogP contribution is 2.36. The van der Waals surface area contributed by atoms with Crippen LogP contribution in [-0.2, 0) is 16.1 Å². The van der Waals surface area contributed by atoms with E-state index in [9.17, 15) is 18.8 Å². The molecule has 5 rings (SSSR count). The first-order valence-electron chi connectivity index (χ1n) is 13.2. The lowest BCUT2D eigenvalue weighted by Gasteiger charge is -2.27. The number of likely N-dealkylation sites (N-methyl/N-ethyl adjacent to an activating group) is 1. The molecule has 0 fully saturated rings. The minimum absolute atomic E-state index is 0.0841. The first-order chi connectivity index (χ1) is 19.3. The summed E-state index contributed by atoms with van der Waals surface area (Å²) in [7, 11) is 1.66. The predicted octanol–water partition coefficient (Wildman–Crippen LogP) is 4.57. The molecule has 0 aromatic heterocycles. The molecule has 0 bridgehead atoms. The second-order valence-corrected chi connectivity index (χ2v) is 9.99. The highest BCUT2D eigenvalue weighted by Gasteiger charge is 2.38. The normalized spacial score (nSPS) is 15.9. The zero-order valence-corrected chi connectivity index (χ0v) is 22.6. The maximum Gasteiger partial charge on any atom is 0.258 e. The molecule has 8 heteroatoms. The van der Waals surface area contributed by atoms with Crippen molar-refractivity contribution in [1.29, 1.82) is 0 Å². The summed E-state index contributed by atoms with van der Waals surface area (Å²) in [5.74, 6) is -1.54. The van der Waals surface area contributed by atoms with Gasteiger partial charge in [-0.15, -0.1) is 0 Å². The maximum absolute atomic E-state index is 14.3. The Kier molecular flexibility index (Phi) is 7.62. The Morgan fingerprint density at radius 1 is 0.950 bits per heavy atom. The molecule has 3 amide bonds. The summed E-state index contributed by atoms with van der Waals surface area (Å²) in [6.45, 7) is 3.87. The van der Waals surface area contributed by atoms with Gasteiger partial charge in [0.2, 0.25) is 5.91 Å². The number of aryl methyl sites for hydroxylation is 1. The van der Waals surface area contributed by atoms with E-state index in [1.807, 2.05) is 43.3 Å². The Bertz CT molecular complexity index is 1590. The van der Waals surface area contributed by atoms with Crippen molar-refractivity contribution in [2.24, 2.45) is 0 Å². The predicted molar refractivity (Wildman–Crippen MR) is 155 cm³/mol. The van der Waals surface area contributed by atoms with E-state index in [0.717, 1.165) is 21.9 Å². The van der Waals surface area contributed by atoms with E-state index in [0.29, 0.717) is 11.4 Å². The Morgan fingerprint density at radius 3 is 2.35 bits per heavy atom. The van der Waals surface area contributed by atoms with Crippen molar-refractivity contribution in [3.8, 4) is 0 Å². The summed E-state index contributed by atoms with van der Waals surface area (Å²) in [4.78, 5) is 44.2. The van der Waals surface area contributed by atoms with Crippen LogP contribution in [0.25, 0.3) is 10.8 Å². The van der Waals surface area contributed by atoms with E-state index in [1.165, 1.54) is 29.2 Å². The number of nitrogens with zero attached hydrogens (tertiary/aromatic N) is 2. The quantitative estimate of drug-likeness (QED) is 0.377. The molecule has 40 heavy (non-hydrogen) atoms. The number of para-hydroxylation sites is 2. The summed E-state index contributed by atoms with van der Waals surface area (Å²) >= 11 is 0.